The highest BCUT2D eigenvalue weighted by Gasteiger charge is 2.03. The fourth-order valence-electron chi connectivity index (χ4n) is 2.55. The van der Waals surface area contributed by atoms with Crippen molar-refractivity contribution >= 4 is 0 Å². The first-order valence-corrected chi connectivity index (χ1v) is 8.57. The van der Waals surface area contributed by atoms with Crippen LogP contribution in [0.4, 0.5) is 0 Å². The monoisotopic (exact) mass is 279 g/mol. The van der Waals surface area contributed by atoms with Gasteiger partial charge in [0.05, 0.1) is 0 Å². The SMILES string of the molecule is C=C(C)CCCCCCCN(CCC)CCCC(=C)C. The minimum absolute atomic E-state index is 1.18. The van der Waals surface area contributed by atoms with E-state index in [1.807, 2.05) is 0 Å². The van der Waals surface area contributed by atoms with Crippen molar-refractivity contribution in [1.29, 1.82) is 0 Å². The van der Waals surface area contributed by atoms with Gasteiger partial charge in [0.1, 0.15) is 0 Å². The van der Waals surface area contributed by atoms with E-state index < -0.39 is 0 Å². The lowest BCUT2D eigenvalue weighted by molar-refractivity contribution is 0.264. The van der Waals surface area contributed by atoms with E-state index in [0.717, 1.165) is 0 Å². The van der Waals surface area contributed by atoms with Crippen LogP contribution in [-0.2, 0) is 0 Å². The van der Waals surface area contributed by atoms with Gasteiger partial charge in [-0.2, -0.15) is 0 Å². The second-order valence-electron chi connectivity index (χ2n) is 6.38. The third-order valence-corrected chi connectivity index (χ3v) is 3.70. The molecule has 0 atom stereocenters. The summed E-state index contributed by atoms with van der Waals surface area (Å²) in [7, 11) is 0. The molecule has 0 aliphatic carbocycles. The van der Waals surface area contributed by atoms with Gasteiger partial charge < -0.3 is 4.90 Å². The van der Waals surface area contributed by atoms with E-state index in [0.29, 0.717) is 0 Å². The van der Waals surface area contributed by atoms with Gasteiger partial charge in [-0.25, -0.2) is 0 Å². The Morgan fingerprint density at radius 1 is 0.700 bits per heavy atom. The van der Waals surface area contributed by atoms with Gasteiger partial charge in [-0.15, -0.1) is 13.2 Å². The average Bonchev–Trinajstić information content (AvgIpc) is 2.36. The number of allylic oxidation sites excluding steroid dienone is 2. The summed E-state index contributed by atoms with van der Waals surface area (Å²) in [6.45, 7) is 18.3. The van der Waals surface area contributed by atoms with Gasteiger partial charge in [0.25, 0.3) is 0 Å². The zero-order valence-corrected chi connectivity index (χ0v) is 14.3. The molecule has 0 unspecified atom stereocenters. The summed E-state index contributed by atoms with van der Waals surface area (Å²) in [5.41, 5.74) is 2.65. The van der Waals surface area contributed by atoms with Crippen LogP contribution in [0.5, 0.6) is 0 Å². The van der Waals surface area contributed by atoms with E-state index >= 15 is 0 Å². The van der Waals surface area contributed by atoms with Crippen LogP contribution < -0.4 is 0 Å². The molecule has 0 fully saturated rings. The topological polar surface area (TPSA) is 3.24 Å². The van der Waals surface area contributed by atoms with Crippen molar-refractivity contribution in [2.45, 2.75) is 78.6 Å². The highest BCUT2D eigenvalue weighted by molar-refractivity contribution is 4.87. The highest BCUT2D eigenvalue weighted by atomic mass is 15.1. The Labute approximate surface area is 128 Å². The van der Waals surface area contributed by atoms with E-state index in [2.05, 4.69) is 38.8 Å². The third kappa shape index (κ3) is 13.9. The first-order valence-electron chi connectivity index (χ1n) is 8.57. The van der Waals surface area contributed by atoms with Gasteiger partial charge in [-0.3, -0.25) is 0 Å². The number of hydrogen-bond acceptors (Lipinski definition) is 1. The molecule has 0 aliphatic rings. The quantitative estimate of drug-likeness (QED) is 0.279. The third-order valence-electron chi connectivity index (χ3n) is 3.70. The number of unbranched alkanes of at least 4 members (excludes halogenated alkanes) is 4. The van der Waals surface area contributed by atoms with Crippen LogP contribution >= 0.6 is 0 Å². The molecule has 0 saturated carbocycles. The normalized spacial score (nSPS) is 11.0. The zero-order chi connectivity index (χ0) is 15.2. The summed E-state index contributed by atoms with van der Waals surface area (Å²) in [4.78, 5) is 2.64. The summed E-state index contributed by atoms with van der Waals surface area (Å²) in [6, 6.07) is 0. The van der Waals surface area contributed by atoms with Gasteiger partial charge >= 0.3 is 0 Å². The molecule has 0 heterocycles. The summed E-state index contributed by atoms with van der Waals surface area (Å²) in [5, 5.41) is 0. The second-order valence-corrected chi connectivity index (χ2v) is 6.38. The minimum atomic E-state index is 1.18. The van der Waals surface area contributed by atoms with Gasteiger partial charge in [-0.1, -0.05) is 37.3 Å². The maximum absolute atomic E-state index is 3.99. The van der Waals surface area contributed by atoms with Crippen LogP contribution in [0.15, 0.2) is 24.3 Å². The van der Waals surface area contributed by atoms with Crippen molar-refractivity contribution in [3.8, 4) is 0 Å². The predicted molar refractivity (Wildman–Crippen MR) is 93.3 cm³/mol. The molecule has 0 rings (SSSR count). The largest absolute Gasteiger partial charge is 0.303 e. The van der Waals surface area contributed by atoms with Crippen LogP contribution in [0, 0.1) is 0 Å². The lowest BCUT2D eigenvalue weighted by atomic mass is 10.1. The van der Waals surface area contributed by atoms with Crippen molar-refractivity contribution in [2.24, 2.45) is 0 Å². The van der Waals surface area contributed by atoms with Crippen LogP contribution in [-0.4, -0.2) is 24.5 Å². The molecule has 0 aromatic rings. The summed E-state index contributed by atoms with van der Waals surface area (Å²) in [5.74, 6) is 0. The fourth-order valence-corrected chi connectivity index (χ4v) is 2.55. The molecule has 0 bridgehead atoms. The Morgan fingerprint density at radius 2 is 1.20 bits per heavy atom. The second kappa shape index (κ2) is 13.4. The van der Waals surface area contributed by atoms with Crippen LogP contribution in [0.25, 0.3) is 0 Å². The maximum Gasteiger partial charge on any atom is -0.00157 e. The molecular formula is C19H37N. The Hall–Kier alpha value is -0.560. The lowest BCUT2D eigenvalue weighted by Crippen LogP contribution is -2.27. The Morgan fingerprint density at radius 3 is 1.80 bits per heavy atom. The van der Waals surface area contributed by atoms with Crippen LogP contribution in [0.3, 0.4) is 0 Å². The molecule has 0 aromatic carbocycles. The highest BCUT2D eigenvalue weighted by Crippen LogP contribution is 2.10. The Bertz CT molecular complexity index is 254. The molecular weight excluding hydrogens is 242 g/mol. The Balaban J connectivity index is 3.54. The van der Waals surface area contributed by atoms with Gasteiger partial charge in [0.2, 0.25) is 0 Å². The standard InChI is InChI=1S/C19H37N/c1-6-15-20(17-12-14-19(4)5)16-11-9-7-8-10-13-18(2)3/h2,4,6-17H2,1,3,5H3. The molecule has 0 amide bonds. The summed E-state index contributed by atoms with van der Waals surface area (Å²) >= 11 is 0. The Kier molecular flexibility index (Phi) is 13.0. The maximum atomic E-state index is 3.99. The van der Waals surface area contributed by atoms with Crippen LogP contribution in [0.1, 0.15) is 78.6 Å². The lowest BCUT2D eigenvalue weighted by Gasteiger charge is -2.21. The summed E-state index contributed by atoms with van der Waals surface area (Å²) < 4.78 is 0. The summed E-state index contributed by atoms with van der Waals surface area (Å²) in [6.07, 6.45) is 11.8. The smallest absolute Gasteiger partial charge is 0.00157 e. The average molecular weight is 280 g/mol. The first-order chi connectivity index (χ1) is 9.56. The first kappa shape index (κ1) is 19.4. The fraction of sp³-hybridized carbons (Fsp3) is 0.789. The van der Waals surface area contributed by atoms with E-state index in [9.17, 15) is 0 Å². The number of rotatable bonds is 14. The number of nitrogens with zero attached hydrogens (tertiary/aromatic N) is 1. The van der Waals surface area contributed by atoms with Crippen LogP contribution in [0.2, 0.25) is 0 Å². The van der Waals surface area contributed by atoms with E-state index in [1.54, 1.807) is 0 Å². The van der Waals surface area contributed by atoms with Crippen molar-refractivity contribution < 1.29 is 0 Å². The predicted octanol–water partition coefficient (Wildman–Crippen LogP) is 5.97. The molecule has 0 N–H and O–H groups in total. The molecule has 0 radical (unpaired) electrons. The minimum Gasteiger partial charge on any atom is -0.303 e. The molecule has 1 heteroatoms. The van der Waals surface area contributed by atoms with E-state index in [4.69, 9.17) is 0 Å². The number of hydrogen-bond donors (Lipinski definition) is 0. The molecule has 0 aliphatic heterocycles. The molecule has 20 heavy (non-hydrogen) atoms. The molecule has 0 saturated heterocycles. The van der Waals surface area contributed by atoms with E-state index in [-0.39, 0.29) is 0 Å². The molecule has 0 aromatic heterocycles. The van der Waals surface area contributed by atoms with Gasteiger partial charge in [0.15, 0.2) is 0 Å². The van der Waals surface area contributed by atoms with Crippen molar-refractivity contribution in [1.82, 2.24) is 4.90 Å². The molecule has 0 spiro atoms. The zero-order valence-electron chi connectivity index (χ0n) is 14.3. The van der Waals surface area contributed by atoms with Crippen molar-refractivity contribution in [3.05, 3.63) is 24.3 Å². The van der Waals surface area contributed by atoms with Gasteiger partial charge in [-0.05, 0) is 72.0 Å². The van der Waals surface area contributed by atoms with Crippen molar-refractivity contribution in [3.63, 3.8) is 0 Å². The molecule has 118 valence electrons. The molecule has 1 nitrogen and oxygen atoms in total. The van der Waals surface area contributed by atoms with Crippen molar-refractivity contribution in [2.75, 3.05) is 19.6 Å². The van der Waals surface area contributed by atoms with Gasteiger partial charge in [0, 0.05) is 0 Å². The van der Waals surface area contributed by atoms with E-state index in [1.165, 1.54) is 88.6 Å².